The van der Waals surface area contributed by atoms with E-state index in [4.69, 9.17) is 0 Å². The van der Waals surface area contributed by atoms with Gasteiger partial charge >= 0.3 is 0 Å². The molecule has 3 aromatic rings. The molecule has 2 aromatic carbocycles. The molecule has 148 valence electrons. The van der Waals surface area contributed by atoms with Crippen LogP contribution in [0.1, 0.15) is 29.9 Å². The molecule has 1 atom stereocenters. The van der Waals surface area contributed by atoms with Gasteiger partial charge in [0, 0.05) is 30.5 Å². The number of halogens is 2. The van der Waals surface area contributed by atoms with Crippen LogP contribution in [0, 0.1) is 0 Å². The maximum Gasteiger partial charge on any atom is 0.191 e. The van der Waals surface area contributed by atoms with Gasteiger partial charge in [0.15, 0.2) is 5.96 Å². The minimum Gasteiger partial charge on any atom is -0.350 e. The van der Waals surface area contributed by atoms with E-state index in [0.717, 1.165) is 22.8 Å². The lowest BCUT2D eigenvalue weighted by Crippen LogP contribution is -2.38. The first-order valence-corrected chi connectivity index (χ1v) is 9.72. The van der Waals surface area contributed by atoms with E-state index in [1.165, 1.54) is 11.1 Å². The van der Waals surface area contributed by atoms with Crippen molar-refractivity contribution in [3.05, 3.63) is 88.4 Å². The molecule has 0 fully saturated rings. The number of nitrogens with one attached hydrogen (secondary N) is 2. The van der Waals surface area contributed by atoms with Gasteiger partial charge in [0.25, 0.3) is 0 Å². The maximum absolute atomic E-state index is 4.48. The Balaban J connectivity index is 0.00000280. The van der Waals surface area contributed by atoms with Crippen molar-refractivity contribution in [2.75, 3.05) is 7.05 Å². The van der Waals surface area contributed by atoms with Crippen molar-refractivity contribution in [1.82, 2.24) is 20.2 Å². The molecule has 0 spiro atoms. The SMILES string of the molecule is CN=C(NCc1nccn1Cc1ccccc1)NC(C)c1ccccc1Br.I. The lowest BCUT2D eigenvalue weighted by Gasteiger charge is -2.19. The minimum atomic E-state index is 0. The van der Waals surface area contributed by atoms with Crippen LogP contribution in [0.4, 0.5) is 0 Å². The molecular weight excluding hydrogens is 529 g/mol. The molecule has 0 bridgehead atoms. The molecule has 1 unspecified atom stereocenters. The number of aliphatic imine (C=N–C) groups is 1. The first-order chi connectivity index (χ1) is 13.2. The van der Waals surface area contributed by atoms with Crippen LogP contribution >= 0.6 is 39.9 Å². The quantitative estimate of drug-likeness (QED) is 0.263. The van der Waals surface area contributed by atoms with Crippen LogP contribution in [-0.4, -0.2) is 22.6 Å². The van der Waals surface area contributed by atoms with Crippen molar-refractivity contribution >= 4 is 45.9 Å². The van der Waals surface area contributed by atoms with E-state index >= 15 is 0 Å². The highest BCUT2D eigenvalue weighted by molar-refractivity contribution is 14.0. The van der Waals surface area contributed by atoms with Gasteiger partial charge in [-0.1, -0.05) is 64.5 Å². The number of hydrogen-bond donors (Lipinski definition) is 2. The van der Waals surface area contributed by atoms with Gasteiger partial charge in [-0.25, -0.2) is 4.98 Å². The maximum atomic E-state index is 4.48. The average molecular weight is 554 g/mol. The summed E-state index contributed by atoms with van der Waals surface area (Å²) in [6.07, 6.45) is 3.84. The van der Waals surface area contributed by atoms with E-state index < -0.39 is 0 Å². The highest BCUT2D eigenvalue weighted by Crippen LogP contribution is 2.22. The molecule has 1 aromatic heterocycles. The molecular formula is C21H25BrIN5. The average Bonchev–Trinajstić information content (AvgIpc) is 3.13. The molecule has 0 radical (unpaired) electrons. The van der Waals surface area contributed by atoms with Crippen LogP contribution < -0.4 is 10.6 Å². The molecule has 5 nitrogen and oxygen atoms in total. The van der Waals surface area contributed by atoms with Crippen molar-refractivity contribution in [1.29, 1.82) is 0 Å². The molecule has 0 aliphatic rings. The standard InChI is InChI=1S/C21H24BrN5.HI/c1-16(18-10-6-7-11-19(18)22)26-21(23-2)25-14-20-24-12-13-27(20)15-17-8-4-3-5-9-17;/h3-13,16H,14-15H2,1-2H3,(H2,23,25,26);1H. The summed E-state index contributed by atoms with van der Waals surface area (Å²) in [6, 6.07) is 18.7. The van der Waals surface area contributed by atoms with Gasteiger partial charge in [-0.2, -0.15) is 0 Å². The molecule has 3 rings (SSSR count). The lowest BCUT2D eigenvalue weighted by molar-refractivity contribution is 0.657. The Labute approximate surface area is 191 Å². The van der Waals surface area contributed by atoms with E-state index in [-0.39, 0.29) is 30.0 Å². The third-order valence-corrected chi connectivity index (χ3v) is 5.08. The lowest BCUT2D eigenvalue weighted by atomic mass is 10.1. The third-order valence-electron chi connectivity index (χ3n) is 4.36. The summed E-state index contributed by atoms with van der Waals surface area (Å²) in [5.41, 5.74) is 2.44. The number of imidazole rings is 1. The van der Waals surface area contributed by atoms with E-state index in [1.54, 1.807) is 7.05 Å². The highest BCUT2D eigenvalue weighted by Gasteiger charge is 2.11. The highest BCUT2D eigenvalue weighted by atomic mass is 127. The summed E-state index contributed by atoms with van der Waals surface area (Å²) in [5.74, 6) is 1.71. The Morgan fingerprint density at radius 3 is 2.57 bits per heavy atom. The van der Waals surface area contributed by atoms with Crippen molar-refractivity contribution < 1.29 is 0 Å². The Morgan fingerprint density at radius 1 is 1.14 bits per heavy atom. The van der Waals surface area contributed by atoms with Crippen molar-refractivity contribution in [3.8, 4) is 0 Å². The zero-order valence-electron chi connectivity index (χ0n) is 16.0. The van der Waals surface area contributed by atoms with Crippen LogP contribution in [0.3, 0.4) is 0 Å². The van der Waals surface area contributed by atoms with E-state index in [9.17, 15) is 0 Å². The van der Waals surface area contributed by atoms with Crippen molar-refractivity contribution in [2.24, 2.45) is 4.99 Å². The summed E-state index contributed by atoms with van der Waals surface area (Å²) in [7, 11) is 1.78. The first kappa shape index (κ1) is 22.4. The number of guanidine groups is 1. The Bertz CT molecular complexity index is 895. The van der Waals surface area contributed by atoms with Gasteiger partial charge in [0.2, 0.25) is 0 Å². The normalized spacial score (nSPS) is 12.2. The van der Waals surface area contributed by atoms with Crippen LogP contribution in [0.2, 0.25) is 0 Å². The fourth-order valence-electron chi connectivity index (χ4n) is 2.90. The van der Waals surface area contributed by atoms with E-state index in [1.807, 2.05) is 36.7 Å². The molecule has 7 heteroatoms. The van der Waals surface area contributed by atoms with Gasteiger partial charge in [-0.05, 0) is 24.1 Å². The first-order valence-electron chi connectivity index (χ1n) is 8.93. The van der Waals surface area contributed by atoms with Crippen LogP contribution in [0.5, 0.6) is 0 Å². The van der Waals surface area contributed by atoms with E-state index in [0.29, 0.717) is 6.54 Å². The van der Waals surface area contributed by atoms with Crippen LogP contribution in [-0.2, 0) is 13.1 Å². The van der Waals surface area contributed by atoms with Gasteiger partial charge in [0.1, 0.15) is 5.82 Å². The number of benzene rings is 2. The predicted octanol–water partition coefficient (Wildman–Crippen LogP) is 4.74. The van der Waals surface area contributed by atoms with Crippen molar-refractivity contribution in [2.45, 2.75) is 26.1 Å². The minimum absolute atomic E-state index is 0. The second-order valence-electron chi connectivity index (χ2n) is 6.27. The summed E-state index contributed by atoms with van der Waals surface area (Å²) in [5, 5.41) is 6.79. The summed E-state index contributed by atoms with van der Waals surface area (Å²) in [4.78, 5) is 8.82. The number of nitrogens with zero attached hydrogens (tertiary/aromatic N) is 3. The molecule has 0 aliphatic carbocycles. The zero-order chi connectivity index (χ0) is 19.1. The van der Waals surface area contributed by atoms with E-state index in [2.05, 4.69) is 78.4 Å². The topological polar surface area (TPSA) is 54.2 Å². The van der Waals surface area contributed by atoms with Crippen LogP contribution in [0.25, 0.3) is 0 Å². The second-order valence-corrected chi connectivity index (χ2v) is 7.12. The largest absolute Gasteiger partial charge is 0.350 e. The predicted molar refractivity (Wildman–Crippen MR) is 129 cm³/mol. The number of hydrogen-bond acceptors (Lipinski definition) is 2. The summed E-state index contributed by atoms with van der Waals surface area (Å²) >= 11 is 3.61. The zero-order valence-corrected chi connectivity index (χ0v) is 19.9. The molecule has 0 saturated heterocycles. The van der Waals surface area contributed by atoms with Crippen LogP contribution in [0.15, 0.2) is 76.5 Å². The fraction of sp³-hybridized carbons (Fsp3) is 0.238. The molecule has 1 heterocycles. The number of aromatic nitrogens is 2. The second kappa shape index (κ2) is 11.2. The van der Waals surface area contributed by atoms with Gasteiger partial charge < -0.3 is 15.2 Å². The Kier molecular flexibility index (Phi) is 8.98. The summed E-state index contributed by atoms with van der Waals surface area (Å²) in [6.45, 7) is 3.52. The Hall–Kier alpha value is -1.87. The number of rotatable bonds is 6. The molecule has 28 heavy (non-hydrogen) atoms. The monoisotopic (exact) mass is 553 g/mol. The molecule has 0 amide bonds. The summed E-state index contributed by atoms with van der Waals surface area (Å²) < 4.78 is 3.23. The molecule has 0 aliphatic heterocycles. The van der Waals surface area contributed by atoms with Crippen molar-refractivity contribution in [3.63, 3.8) is 0 Å². The Morgan fingerprint density at radius 2 is 1.86 bits per heavy atom. The molecule has 0 saturated carbocycles. The smallest absolute Gasteiger partial charge is 0.191 e. The third kappa shape index (κ3) is 6.07. The van der Waals surface area contributed by atoms with Gasteiger partial charge in [-0.3, -0.25) is 4.99 Å². The molecule has 2 N–H and O–H groups in total. The van der Waals surface area contributed by atoms with Gasteiger partial charge in [0.05, 0.1) is 12.6 Å². The van der Waals surface area contributed by atoms with Gasteiger partial charge in [-0.15, -0.1) is 24.0 Å². The fourth-order valence-corrected chi connectivity index (χ4v) is 3.53.